The lowest BCUT2D eigenvalue weighted by atomic mass is 9.82. The number of nitrogens with zero attached hydrogens (tertiary/aromatic N) is 2. The highest BCUT2D eigenvalue weighted by molar-refractivity contribution is 7.11. The van der Waals surface area contributed by atoms with Crippen molar-refractivity contribution >= 4 is 22.9 Å². The van der Waals surface area contributed by atoms with E-state index in [4.69, 9.17) is 26.6 Å². The maximum absolute atomic E-state index is 13.1. The molecule has 0 amide bonds. The lowest BCUT2D eigenvalue weighted by molar-refractivity contribution is -0.182. The van der Waals surface area contributed by atoms with E-state index in [1.54, 1.807) is 18.2 Å². The van der Waals surface area contributed by atoms with E-state index in [1.807, 2.05) is 43.3 Å². The molecule has 8 heteroatoms. The van der Waals surface area contributed by atoms with Crippen LogP contribution in [-0.4, -0.2) is 11.2 Å². The number of halogens is 4. The molecule has 1 unspecified atom stereocenters. The van der Waals surface area contributed by atoms with Crippen LogP contribution in [0.2, 0.25) is 5.02 Å². The third-order valence-electron chi connectivity index (χ3n) is 6.28. The minimum absolute atomic E-state index is 0.0396. The van der Waals surface area contributed by atoms with Gasteiger partial charge in [0.05, 0.1) is 32.1 Å². The number of hydrogen-bond acceptors (Lipinski definition) is 4. The van der Waals surface area contributed by atoms with Gasteiger partial charge in [-0.3, -0.25) is 0 Å². The van der Waals surface area contributed by atoms with Crippen molar-refractivity contribution in [3.63, 3.8) is 0 Å². The zero-order valence-corrected chi connectivity index (χ0v) is 20.2. The number of aromatic nitrogens is 1. The van der Waals surface area contributed by atoms with Gasteiger partial charge in [-0.05, 0) is 50.3 Å². The maximum atomic E-state index is 13.1. The fourth-order valence-electron chi connectivity index (χ4n) is 4.41. The number of ether oxygens (including phenoxy) is 1. The summed E-state index contributed by atoms with van der Waals surface area (Å²) in [6.07, 6.45) is -2.58. The largest absolute Gasteiger partial charge is 0.484 e. The molecule has 3 nitrogen and oxygen atoms in total. The Labute approximate surface area is 206 Å². The lowest BCUT2D eigenvalue weighted by Crippen LogP contribution is -2.27. The van der Waals surface area contributed by atoms with E-state index < -0.39 is 12.1 Å². The van der Waals surface area contributed by atoms with Gasteiger partial charge in [0, 0.05) is 18.4 Å². The summed E-state index contributed by atoms with van der Waals surface area (Å²) in [4.78, 5) is 5.71. The average Bonchev–Trinajstić information content (AvgIpc) is 3.20. The van der Waals surface area contributed by atoms with Crippen LogP contribution in [0, 0.1) is 24.2 Å². The minimum Gasteiger partial charge on any atom is -0.484 e. The van der Waals surface area contributed by atoms with Crippen molar-refractivity contribution in [3.05, 3.63) is 80.3 Å². The molecule has 0 N–H and O–H groups in total. The molecule has 1 aliphatic carbocycles. The second-order valence-corrected chi connectivity index (χ2v) is 10.1. The molecular formula is C26H24ClF3N2OS. The number of benzene rings is 2. The highest BCUT2D eigenvalue weighted by Crippen LogP contribution is 2.45. The summed E-state index contributed by atoms with van der Waals surface area (Å²) in [5, 5.41) is 10.3. The molecule has 0 spiro atoms. The van der Waals surface area contributed by atoms with E-state index in [0.717, 1.165) is 21.1 Å². The van der Waals surface area contributed by atoms with Crippen LogP contribution in [0.4, 0.5) is 13.2 Å². The minimum atomic E-state index is -4.12. The molecule has 1 aliphatic rings. The third-order valence-corrected chi connectivity index (χ3v) is 8.01. The first-order chi connectivity index (χ1) is 16.2. The summed E-state index contributed by atoms with van der Waals surface area (Å²) in [5.74, 6) is -0.623. The van der Waals surface area contributed by atoms with Crippen molar-refractivity contribution < 1.29 is 17.9 Å². The quantitative estimate of drug-likeness (QED) is 0.340. The SMILES string of the molecule is Cc1nc(C2CCC(C(F)(F)F)CC2)sc1C(Cc1ccccc1)Oc1ccc(C#N)c(Cl)c1. The van der Waals surface area contributed by atoms with Gasteiger partial charge in [0.15, 0.2) is 0 Å². The van der Waals surface area contributed by atoms with Crippen LogP contribution in [-0.2, 0) is 6.42 Å². The van der Waals surface area contributed by atoms with Gasteiger partial charge in [-0.1, -0.05) is 41.9 Å². The van der Waals surface area contributed by atoms with Crippen LogP contribution in [0.1, 0.15) is 64.4 Å². The summed E-state index contributed by atoms with van der Waals surface area (Å²) in [6.45, 7) is 1.92. The average molecular weight is 505 g/mol. The highest BCUT2D eigenvalue weighted by atomic mass is 35.5. The summed E-state index contributed by atoms with van der Waals surface area (Å²) in [7, 11) is 0. The van der Waals surface area contributed by atoms with Crippen LogP contribution in [0.15, 0.2) is 48.5 Å². The Bertz CT molecular complexity index is 1170. The highest BCUT2D eigenvalue weighted by Gasteiger charge is 2.42. The van der Waals surface area contributed by atoms with Gasteiger partial charge in [-0.2, -0.15) is 18.4 Å². The Morgan fingerprint density at radius 1 is 1.15 bits per heavy atom. The molecule has 0 radical (unpaired) electrons. The third kappa shape index (κ3) is 5.73. The fourth-order valence-corrected chi connectivity index (χ4v) is 5.89. The van der Waals surface area contributed by atoms with Gasteiger partial charge in [0.25, 0.3) is 0 Å². The van der Waals surface area contributed by atoms with Crippen LogP contribution >= 0.6 is 22.9 Å². The monoisotopic (exact) mass is 504 g/mol. The Morgan fingerprint density at radius 2 is 1.85 bits per heavy atom. The van der Waals surface area contributed by atoms with E-state index in [0.29, 0.717) is 35.6 Å². The number of hydrogen-bond donors (Lipinski definition) is 0. The zero-order chi connectivity index (χ0) is 24.3. The van der Waals surface area contributed by atoms with Gasteiger partial charge in [-0.25, -0.2) is 4.98 Å². The maximum Gasteiger partial charge on any atom is 0.391 e. The molecule has 3 aromatic rings. The van der Waals surface area contributed by atoms with Crippen molar-refractivity contribution in [2.75, 3.05) is 0 Å². The Balaban J connectivity index is 1.58. The second kappa shape index (κ2) is 10.4. The van der Waals surface area contributed by atoms with Crippen molar-refractivity contribution in [2.24, 2.45) is 5.92 Å². The number of nitriles is 1. The summed E-state index contributed by atoms with van der Waals surface area (Å²) in [6, 6.07) is 17.0. The Kier molecular flexibility index (Phi) is 7.49. The van der Waals surface area contributed by atoms with Crippen LogP contribution in [0.25, 0.3) is 0 Å². The summed E-state index contributed by atoms with van der Waals surface area (Å²) < 4.78 is 45.6. The molecule has 0 saturated heterocycles. The number of thiazole rings is 1. The molecule has 0 aliphatic heterocycles. The normalized spacial score (nSPS) is 19.4. The van der Waals surface area contributed by atoms with Crippen LogP contribution in [0.3, 0.4) is 0 Å². The number of alkyl halides is 3. The van der Waals surface area contributed by atoms with Crippen molar-refractivity contribution in [3.8, 4) is 11.8 Å². The van der Waals surface area contributed by atoms with Crippen molar-refractivity contribution in [2.45, 2.75) is 57.2 Å². The second-order valence-electron chi connectivity index (χ2n) is 8.64. The predicted octanol–water partition coefficient (Wildman–Crippen LogP) is 8.18. The van der Waals surface area contributed by atoms with Gasteiger partial charge >= 0.3 is 6.18 Å². The molecular weight excluding hydrogens is 481 g/mol. The smallest absolute Gasteiger partial charge is 0.391 e. The number of rotatable bonds is 6. The summed E-state index contributed by atoms with van der Waals surface area (Å²) in [5.41, 5.74) is 2.30. The van der Waals surface area contributed by atoms with Crippen molar-refractivity contribution in [1.29, 1.82) is 5.26 Å². The first kappa shape index (κ1) is 24.6. The number of aryl methyl sites for hydroxylation is 1. The molecule has 0 bridgehead atoms. The van der Waals surface area contributed by atoms with Crippen LogP contribution in [0.5, 0.6) is 5.75 Å². The molecule has 1 heterocycles. The topological polar surface area (TPSA) is 45.9 Å². The molecule has 1 atom stereocenters. The van der Waals surface area contributed by atoms with E-state index >= 15 is 0 Å². The van der Waals surface area contributed by atoms with Gasteiger partial charge < -0.3 is 4.74 Å². The van der Waals surface area contributed by atoms with E-state index in [-0.39, 0.29) is 24.9 Å². The molecule has 1 fully saturated rings. The first-order valence-corrected chi connectivity index (χ1v) is 12.4. The molecule has 34 heavy (non-hydrogen) atoms. The van der Waals surface area contributed by atoms with Crippen LogP contribution < -0.4 is 4.74 Å². The fraction of sp³-hybridized carbons (Fsp3) is 0.385. The first-order valence-electron chi connectivity index (χ1n) is 11.2. The standard InChI is InChI=1S/C26H24ClF3N2OS/c1-16-24(34-25(32-16)18-7-10-20(11-8-18)26(28,29)30)23(13-17-5-3-2-4-6-17)33-21-12-9-19(15-31)22(27)14-21/h2-6,9,12,14,18,20,23H,7-8,10-11,13H2,1H3. The molecule has 4 rings (SSSR count). The van der Waals surface area contributed by atoms with E-state index in [1.165, 1.54) is 11.3 Å². The van der Waals surface area contributed by atoms with Gasteiger partial charge in [-0.15, -0.1) is 11.3 Å². The molecule has 178 valence electrons. The molecule has 1 saturated carbocycles. The van der Waals surface area contributed by atoms with Crippen molar-refractivity contribution in [1.82, 2.24) is 4.98 Å². The lowest BCUT2D eigenvalue weighted by Gasteiger charge is -2.28. The molecule has 1 aromatic heterocycles. The van der Waals surface area contributed by atoms with Gasteiger partial charge in [0.1, 0.15) is 17.9 Å². The Hall–Kier alpha value is -2.56. The Morgan fingerprint density at radius 3 is 2.47 bits per heavy atom. The predicted molar refractivity (Wildman–Crippen MR) is 127 cm³/mol. The zero-order valence-electron chi connectivity index (χ0n) is 18.6. The van der Waals surface area contributed by atoms with Gasteiger partial charge in [0.2, 0.25) is 0 Å². The molecule has 2 aromatic carbocycles. The summed E-state index contributed by atoms with van der Waals surface area (Å²) >= 11 is 7.74. The van der Waals surface area contributed by atoms with E-state index in [9.17, 15) is 13.2 Å². The van der Waals surface area contributed by atoms with E-state index in [2.05, 4.69) is 0 Å².